The number of para-hydroxylation sites is 2. The first kappa shape index (κ1) is 26.2. The number of nitrogens with one attached hydrogen (secondary N) is 2. The smallest absolute Gasteiger partial charge is 0.339 e. The van der Waals surface area contributed by atoms with Crippen LogP contribution in [0, 0.1) is 0 Å². The fraction of sp³-hybridized carbons (Fsp3) is 0.0870. The number of hydrogen-bond acceptors (Lipinski definition) is 5. The molecule has 34 heavy (non-hydrogen) atoms. The van der Waals surface area contributed by atoms with E-state index in [1.807, 2.05) is 0 Å². The Balaban J connectivity index is 1.58. The minimum absolute atomic E-state index is 0.0165. The highest BCUT2D eigenvalue weighted by Crippen LogP contribution is 2.31. The fourth-order valence-corrected chi connectivity index (χ4v) is 4.52. The molecule has 0 spiro atoms. The molecule has 0 aliphatic carbocycles. The average molecular weight is 558 g/mol. The van der Waals surface area contributed by atoms with Crippen LogP contribution in [-0.4, -0.2) is 30.1 Å². The lowest BCUT2D eigenvalue weighted by molar-refractivity contribution is -0.119. The standard InChI is InChI=1S/C23H16Cl4N2O4S/c24-14-6-3-7-15(25)21(14)28-19(30)11-33-23(32)13-5-1-2-10-18(13)34-12-20(31)29-22-16(26)8-4-9-17(22)27/h1-10H,11-12H2,(H,28,30)(H,29,31). The monoisotopic (exact) mass is 556 g/mol. The first-order valence-corrected chi connectivity index (χ1v) is 12.1. The molecule has 3 aromatic rings. The van der Waals surface area contributed by atoms with E-state index in [2.05, 4.69) is 10.6 Å². The molecule has 2 N–H and O–H groups in total. The molecular weight excluding hydrogens is 542 g/mol. The first-order valence-electron chi connectivity index (χ1n) is 9.63. The summed E-state index contributed by atoms with van der Waals surface area (Å²) in [7, 11) is 0. The largest absolute Gasteiger partial charge is 0.452 e. The van der Waals surface area contributed by atoms with Gasteiger partial charge in [0.05, 0.1) is 42.8 Å². The second-order valence-electron chi connectivity index (χ2n) is 6.65. The van der Waals surface area contributed by atoms with Gasteiger partial charge >= 0.3 is 5.97 Å². The number of halogens is 4. The molecule has 0 aromatic heterocycles. The van der Waals surface area contributed by atoms with Gasteiger partial charge in [0, 0.05) is 4.90 Å². The van der Waals surface area contributed by atoms with Crippen LogP contribution < -0.4 is 10.6 Å². The number of rotatable bonds is 8. The number of carbonyl (C=O) groups excluding carboxylic acids is 3. The summed E-state index contributed by atoms with van der Waals surface area (Å²) in [5.74, 6) is -1.71. The van der Waals surface area contributed by atoms with Crippen molar-refractivity contribution in [1.82, 2.24) is 0 Å². The third-order valence-corrected chi connectivity index (χ3v) is 6.59. The second-order valence-corrected chi connectivity index (χ2v) is 9.30. The quantitative estimate of drug-likeness (QED) is 0.234. The van der Waals surface area contributed by atoms with Crippen molar-refractivity contribution in [2.75, 3.05) is 23.0 Å². The molecule has 0 heterocycles. The third-order valence-electron chi connectivity index (χ3n) is 4.25. The van der Waals surface area contributed by atoms with Gasteiger partial charge in [0.1, 0.15) is 0 Å². The van der Waals surface area contributed by atoms with Gasteiger partial charge in [-0.05, 0) is 36.4 Å². The van der Waals surface area contributed by atoms with Crippen LogP contribution in [0.2, 0.25) is 20.1 Å². The SMILES string of the molecule is O=C(COC(=O)c1ccccc1SCC(=O)Nc1c(Cl)cccc1Cl)Nc1c(Cl)cccc1Cl. The van der Waals surface area contributed by atoms with Crippen LogP contribution in [0.15, 0.2) is 65.6 Å². The summed E-state index contributed by atoms with van der Waals surface area (Å²) in [5.41, 5.74) is 0.751. The van der Waals surface area contributed by atoms with Crippen molar-refractivity contribution in [2.45, 2.75) is 4.90 Å². The van der Waals surface area contributed by atoms with E-state index in [4.69, 9.17) is 51.1 Å². The number of benzene rings is 3. The molecule has 3 rings (SSSR count). The lowest BCUT2D eigenvalue weighted by Gasteiger charge is -2.12. The van der Waals surface area contributed by atoms with E-state index >= 15 is 0 Å². The summed E-state index contributed by atoms with van der Waals surface area (Å²) in [6.45, 7) is -0.551. The zero-order chi connectivity index (χ0) is 24.7. The van der Waals surface area contributed by atoms with Gasteiger partial charge in [-0.1, -0.05) is 70.7 Å². The maximum absolute atomic E-state index is 12.6. The van der Waals surface area contributed by atoms with Gasteiger partial charge in [-0.25, -0.2) is 4.79 Å². The number of esters is 1. The fourth-order valence-electron chi connectivity index (χ4n) is 2.70. The zero-order valence-corrected chi connectivity index (χ0v) is 21.1. The van der Waals surface area contributed by atoms with Crippen LogP contribution in [0.25, 0.3) is 0 Å². The molecule has 0 fully saturated rings. The molecule has 0 aliphatic heterocycles. The summed E-state index contributed by atoms with van der Waals surface area (Å²) in [6, 6.07) is 16.2. The maximum atomic E-state index is 12.6. The molecule has 176 valence electrons. The van der Waals surface area contributed by atoms with Crippen molar-refractivity contribution in [3.63, 3.8) is 0 Å². The normalized spacial score (nSPS) is 10.5. The van der Waals surface area contributed by atoms with E-state index in [1.165, 1.54) is 6.07 Å². The number of ether oxygens (including phenoxy) is 1. The van der Waals surface area contributed by atoms with E-state index in [-0.39, 0.29) is 33.0 Å². The van der Waals surface area contributed by atoms with Gasteiger partial charge in [0.25, 0.3) is 5.91 Å². The minimum Gasteiger partial charge on any atom is -0.452 e. The van der Waals surface area contributed by atoms with Crippen molar-refractivity contribution in [3.8, 4) is 0 Å². The van der Waals surface area contributed by atoms with Crippen LogP contribution in [0.3, 0.4) is 0 Å². The van der Waals surface area contributed by atoms with Crippen molar-refractivity contribution in [3.05, 3.63) is 86.3 Å². The zero-order valence-electron chi connectivity index (χ0n) is 17.2. The van der Waals surface area contributed by atoms with Gasteiger partial charge in [-0.2, -0.15) is 0 Å². The predicted molar refractivity (Wildman–Crippen MR) is 138 cm³/mol. The van der Waals surface area contributed by atoms with Crippen LogP contribution in [0.1, 0.15) is 10.4 Å². The Kier molecular flexibility index (Phi) is 9.50. The molecule has 0 bridgehead atoms. The van der Waals surface area contributed by atoms with Crippen molar-refractivity contribution in [2.24, 2.45) is 0 Å². The van der Waals surface area contributed by atoms with E-state index in [0.29, 0.717) is 20.6 Å². The molecule has 6 nitrogen and oxygen atoms in total. The van der Waals surface area contributed by atoms with Crippen LogP contribution in [0.5, 0.6) is 0 Å². The van der Waals surface area contributed by atoms with Gasteiger partial charge in [0.15, 0.2) is 6.61 Å². The minimum atomic E-state index is -0.724. The van der Waals surface area contributed by atoms with Crippen LogP contribution in [0.4, 0.5) is 11.4 Å². The van der Waals surface area contributed by atoms with Gasteiger partial charge < -0.3 is 15.4 Å². The highest BCUT2D eigenvalue weighted by Gasteiger charge is 2.17. The molecule has 0 radical (unpaired) electrons. The van der Waals surface area contributed by atoms with E-state index < -0.39 is 18.5 Å². The number of anilines is 2. The predicted octanol–water partition coefficient (Wildman–Crippen LogP) is 6.83. The van der Waals surface area contributed by atoms with Crippen molar-refractivity contribution in [1.29, 1.82) is 0 Å². The third kappa shape index (κ3) is 7.04. The Morgan fingerprint density at radius 1 is 0.706 bits per heavy atom. The summed E-state index contributed by atoms with van der Waals surface area (Å²) in [4.78, 5) is 37.7. The summed E-state index contributed by atoms with van der Waals surface area (Å²) in [6.07, 6.45) is 0. The molecule has 0 saturated carbocycles. The highest BCUT2D eigenvalue weighted by molar-refractivity contribution is 8.00. The van der Waals surface area contributed by atoms with E-state index in [0.717, 1.165) is 11.8 Å². The molecule has 0 saturated heterocycles. The summed E-state index contributed by atoms with van der Waals surface area (Å²) in [5, 5.41) is 6.30. The molecule has 2 amide bonds. The second kappa shape index (κ2) is 12.3. The molecule has 0 aliphatic rings. The lowest BCUT2D eigenvalue weighted by Crippen LogP contribution is -2.21. The van der Waals surface area contributed by atoms with E-state index in [1.54, 1.807) is 54.6 Å². The Bertz CT molecular complexity index is 1200. The lowest BCUT2D eigenvalue weighted by atomic mass is 10.2. The molecule has 0 atom stereocenters. The van der Waals surface area contributed by atoms with Gasteiger partial charge in [0.2, 0.25) is 5.91 Å². The summed E-state index contributed by atoms with van der Waals surface area (Å²) < 4.78 is 5.13. The average Bonchev–Trinajstić information content (AvgIpc) is 2.81. The Morgan fingerprint density at radius 3 is 1.76 bits per heavy atom. The van der Waals surface area contributed by atoms with Crippen molar-refractivity contribution < 1.29 is 19.1 Å². The highest BCUT2D eigenvalue weighted by atomic mass is 35.5. The molecule has 3 aromatic carbocycles. The van der Waals surface area contributed by atoms with Crippen molar-refractivity contribution >= 4 is 87.3 Å². The van der Waals surface area contributed by atoms with E-state index in [9.17, 15) is 14.4 Å². The number of carbonyl (C=O) groups is 3. The number of amides is 2. The number of hydrogen-bond donors (Lipinski definition) is 2. The Morgan fingerprint density at radius 2 is 1.21 bits per heavy atom. The maximum Gasteiger partial charge on any atom is 0.339 e. The molecular formula is C23H16Cl4N2O4S. The molecule has 11 heteroatoms. The molecule has 0 unspecified atom stereocenters. The van der Waals surface area contributed by atoms with Gasteiger partial charge in [-0.15, -0.1) is 11.8 Å². The topological polar surface area (TPSA) is 84.5 Å². The Labute approximate surface area is 219 Å². The Hall–Kier alpha value is -2.42. The van der Waals surface area contributed by atoms with Gasteiger partial charge in [-0.3, -0.25) is 9.59 Å². The number of thioether (sulfide) groups is 1. The van der Waals surface area contributed by atoms with Crippen LogP contribution in [-0.2, 0) is 14.3 Å². The van der Waals surface area contributed by atoms with Crippen LogP contribution >= 0.6 is 58.2 Å². The summed E-state index contributed by atoms with van der Waals surface area (Å²) >= 11 is 25.3. The first-order chi connectivity index (χ1) is 16.3.